The largest absolute Gasteiger partial charge is 0.496 e. The van der Waals surface area contributed by atoms with E-state index in [9.17, 15) is 0 Å². The summed E-state index contributed by atoms with van der Waals surface area (Å²) in [6.07, 6.45) is 2.23. The maximum absolute atomic E-state index is 5.63. The first-order valence-corrected chi connectivity index (χ1v) is 7.22. The number of ether oxygens (including phenoxy) is 3. The molecule has 0 amide bonds. The molecular formula is C15H23NO3S. The molecule has 112 valence electrons. The minimum absolute atomic E-state index is 0.372. The molecule has 0 spiro atoms. The molecule has 0 bridgehead atoms. The number of thiocarbonyl (C=S) groups is 1. The van der Waals surface area contributed by atoms with Crippen LogP contribution < -0.4 is 10.5 Å². The molecule has 0 aliphatic heterocycles. The van der Waals surface area contributed by atoms with Gasteiger partial charge in [0.25, 0.3) is 0 Å². The predicted molar refractivity (Wildman–Crippen MR) is 84.3 cm³/mol. The van der Waals surface area contributed by atoms with Crippen LogP contribution in [0.4, 0.5) is 0 Å². The molecule has 0 atom stereocenters. The third-order valence-electron chi connectivity index (χ3n) is 2.84. The van der Waals surface area contributed by atoms with Gasteiger partial charge in [-0.15, -0.1) is 0 Å². The Balaban J connectivity index is 2.41. The van der Waals surface area contributed by atoms with Gasteiger partial charge in [-0.3, -0.25) is 0 Å². The lowest BCUT2D eigenvalue weighted by atomic mass is 10.1. The van der Waals surface area contributed by atoms with Gasteiger partial charge < -0.3 is 19.9 Å². The zero-order chi connectivity index (χ0) is 14.8. The van der Waals surface area contributed by atoms with Crippen LogP contribution in [0.1, 0.15) is 30.9 Å². The molecule has 0 heterocycles. The molecular weight excluding hydrogens is 274 g/mol. The summed E-state index contributed by atoms with van der Waals surface area (Å²) in [4.78, 5) is 0.372. The number of hydrogen-bond donors (Lipinski definition) is 1. The fourth-order valence-electron chi connectivity index (χ4n) is 1.69. The van der Waals surface area contributed by atoms with E-state index < -0.39 is 0 Å². The minimum Gasteiger partial charge on any atom is -0.496 e. The molecule has 0 aliphatic rings. The van der Waals surface area contributed by atoms with Crippen LogP contribution in [0.3, 0.4) is 0 Å². The first-order chi connectivity index (χ1) is 9.69. The molecule has 0 saturated carbocycles. The maximum Gasteiger partial charge on any atom is 0.124 e. The molecule has 1 aromatic rings. The quantitative estimate of drug-likeness (QED) is 0.531. The van der Waals surface area contributed by atoms with Crippen molar-refractivity contribution in [2.45, 2.75) is 26.4 Å². The number of methoxy groups -OCH3 is 1. The molecule has 0 unspecified atom stereocenters. The van der Waals surface area contributed by atoms with Crippen LogP contribution in [0.15, 0.2) is 18.2 Å². The van der Waals surface area contributed by atoms with Crippen molar-refractivity contribution in [2.75, 3.05) is 26.9 Å². The standard InChI is InChI=1S/C15H23NO3S/c1-3-4-7-18-8-9-19-11-13-10-12(15(16)20)5-6-14(13)17-2/h5-6,10H,3-4,7-9,11H2,1-2H3,(H2,16,20). The van der Waals surface area contributed by atoms with Crippen molar-refractivity contribution in [3.63, 3.8) is 0 Å². The highest BCUT2D eigenvalue weighted by Crippen LogP contribution is 2.20. The fourth-order valence-corrected chi connectivity index (χ4v) is 1.82. The van der Waals surface area contributed by atoms with Crippen LogP contribution in [-0.2, 0) is 16.1 Å². The van der Waals surface area contributed by atoms with Gasteiger partial charge in [0.2, 0.25) is 0 Å². The Morgan fingerprint density at radius 3 is 2.60 bits per heavy atom. The monoisotopic (exact) mass is 297 g/mol. The molecule has 0 aliphatic carbocycles. The molecule has 1 rings (SSSR count). The van der Waals surface area contributed by atoms with Gasteiger partial charge in [0.15, 0.2) is 0 Å². The van der Waals surface area contributed by atoms with E-state index in [1.165, 1.54) is 0 Å². The van der Waals surface area contributed by atoms with E-state index in [2.05, 4.69) is 6.92 Å². The molecule has 0 radical (unpaired) electrons. The number of rotatable bonds is 10. The number of nitrogens with two attached hydrogens (primary N) is 1. The third kappa shape index (κ3) is 5.86. The summed E-state index contributed by atoms with van der Waals surface area (Å²) in [5.41, 5.74) is 7.38. The molecule has 1 aromatic carbocycles. The second-order valence-corrected chi connectivity index (χ2v) is 4.85. The molecule has 0 fully saturated rings. The number of benzene rings is 1. The third-order valence-corrected chi connectivity index (χ3v) is 3.07. The lowest BCUT2D eigenvalue weighted by Crippen LogP contribution is -2.11. The Labute approximate surface area is 126 Å². The second-order valence-electron chi connectivity index (χ2n) is 4.41. The SMILES string of the molecule is CCCCOCCOCc1cc(C(N)=S)ccc1OC. The Bertz CT molecular complexity index is 424. The van der Waals surface area contributed by atoms with Crippen molar-refractivity contribution >= 4 is 17.2 Å². The average Bonchev–Trinajstić information content (AvgIpc) is 2.46. The second kappa shape index (κ2) is 9.69. The van der Waals surface area contributed by atoms with E-state index in [0.29, 0.717) is 24.8 Å². The molecule has 0 aromatic heterocycles. The number of hydrogen-bond acceptors (Lipinski definition) is 4. The van der Waals surface area contributed by atoms with Crippen LogP contribution >= 0.6 is 12.2 Å². The van der Waals surface area contributed by atoms with Gasteiger partial charge in [-0.2, -0.15) is 0 Å². The summed E-state index contributed by atoms with van der Waals surface area (Å²) in [6.45, 7) is 4.55. The molecule has 4 nitrogen and oxygen atoms in total. The summed E-state index contributed by atoms with van der Waals surface area (Å²) in [5, 5.41) is 0. The lowest BCUT2D eigenvalue weighted by molar-refractivity contribution is 0.0391. The summed E-state index contributed by atoms with van der Waals surface area (Å²) in [7, 11) is 1.63. The predicted octanol–water partition coefficient (Wildman–Crippen LogP) is 2.66. The van der Waals surface area contributed by atoms with E-state index in [4.69, 9.17) is 32.2 Å². The van der Waals surface area contributed by atoms with Crippen molar-refractivity contribution in [3.05, 3.63) is 29.3 Å². The first kappa shape index (κ1) is 16.9. The minimum atomic E-state index is 0.372. The van der Waals surface area contributed by atoms with E-state index in [-0.39, 0.29) is 0 Å². The highest BCUT2D eigenvalue weighted by molar-refractivity contribution is 7.80. The molecule has 2 N–H and O–H groups in total. The van der Waals surface area contributed by atoms with Crippen molar-refractivity contribution in [1.82, 2.24) is 0 Å². The zero-order valence-corrected chi connectivity index (χ0v) is 13.0. The van der Waals surface area contributed by atoms with Crippen molar-refractivity contribution in [2.24, 2.45) is 5.73 Å². The number of unbranched alkanes of at least 4 members (excludes halogenated alkanes) is 1. The highest BCUT2D eigenvalue weighted by atomic mass is 32.1. The smallest absolute Gasteiger partial charge is 0.124 e. The van der Waals surface area contributed by atoms with Crippen molar-refractivity contribution in [3.8, 4) is 5.75 Å². The van der Waals surface area contributed by atoms with E-state index >= 15 is 0 Å². The zero-order valence-electron chi connectivity index (χ0n) is 12.2. The topological polar surface area (TPSA) is 53.7 Å². The Hall–Kier alpha value is -1.17. The van der Waals surface area contributed by atoms with Gasteiger partial charge in [0.05, 0.1) is 26.9 Å². The van der Waals surface area contributed by atoms with Crippen LogP contribution in [0.2, 0.25) is 0 Å². The summed E-state index contributed by atoms with van der Waals surface area (Å²) in [5.74, 6) is 0.775. The highest BCUT2D eigenvalue weighted by Gasteiger charge is 2.06. The van der Waals surface area contributed by atoms with E-state index in [1.807, 2.05) is 18.2 Å². The van der Waals surface area contributed by atoms with Gasteiger partial charge >= 0.3 is 0 Å². The Morgan fingerprint density at radius 1 is 1.20 bits per heavy atom. The van der Waals surface area contributed by atoms with E-state index in [1.54, 1.807) is 7.11 Å². The van der Waals surface area contributed by atoms with Crippen LogP contribution in [0.25, 0.3) is 0 Å². The van der Waals surface area contributed by atoms with Gasteiger partial charge in [-0.1, -0.05) is 25.6 Å². The van der Waals surface area contributed by atoms with Gasteiger partial charge in [0, 0.05) is 17.7 Å². The lowest BCUT2D eigenvalue weighted by Gasteiger charge is -2.11. The average molecular weight is 297 g/mol. The Kier molecular flexibility index (Phi) is 8.18. The summed E-state index contributed by atoms with van der Waals surface area (Å²) < 4.78 is 16.3. The first-order valence-electron chi connectivity index (χ1n) is 6.81. The van der Waals surface area contributed by atoms with Crippen molar-refractivity contribution < 1.29 is 14.2 Å². The molecule has 20 heavy (non-hydrogen) atoms. The van der Waals surface area contributed by atoms with Gasteiger partial charge in [0.1, 0.15) is 10.7 Å². The Morgan fingerprint density at radius 2 is 1.95 bits per heavy atom. The van der Waals surface area contributed by atoms with Crippen LogP contribution in [0, 0.1) is 0 Å². The van der Waals surface area contributed by atoms with E-state index in [0.717, 1.165) is 36.3 Å². The maximum atomic E-state index is 5.63. The van der Waals surface area contributed by atoms with Gasteiger partial charge in [-0.05, 0) is 24.6 Å². The van der Waals surface area contributed by atoms with Crippen LogP contribution in [0.5, 0.6) is 5.75 Å². The normalized spacial score (nSPS) is 10.5. The summed E-state index contributed by atoms with van der Waals surface area (Å²) in [6, 6.07) is 5.60. The molecule has 0 saturated heterocycles. The van der Waals surface area contributed by atoms with Crippen molar-refractivity contribution in [1.29, 1.82) is 0 Å². The molecule has 5 heteroatoms. The fraction of sp³-hybridized carbons (Fsp3) is 0.533. The van der Waals surface area contributed by atoms with Gasteiger partial charge in [-0.25, -0.2) is 0 Å². The summed E-state index contributed by atoms with van der Waals surface area (Å²) >= 11 is 4.97. The van der Waals surface area contributed by atoms with Crippen LogP contribution in [-0.4, -0.2) is 31.9 Å².